The van der Waals surface area contributed by atoms with Crippen LogP contribution in [-0.4, -0.2) is 30.9 Å². The molecule has 0 aliphatic carbocycles. The van der Waals surface area contributed by atoms with Crippen molar-refractivity contribution in [1.29, 1.82) is 0 Å². The highest BCUT2D eigenvalue weighted by atomic mass is 79.9. The Balaban J connectivity index is 2.05. The summed E-state index contributed by atoms with van der Waals surface area (Å²) in [6.45, 7) is 4.52. The van der Waals surface area contributed by atoms with Crippen LogP contribution in [0.25, 0.3) is 0 Å². The van der Waals surface area contributed by atoms with Gasteiger partial charge in [-0.05, 0) is 37.9 Å². The van der Waals surface area contributed by atoms with Crippen molar-refractivity contribution in [2.45, 2.75) is 26.3 Å². The molecule has 0 radical (unpaired) electrons. The molecule has 1 aromatic carbocycles. The zero-order valence-electron chi connectivity index (χ0n) is 11.6. The Hall–Kier alpha value is -0.870. The number of hydrogen-bond donors (Lipinski definition) is 1. The van der Waals surface area contributed by atoms with E-state index in [-0.39, 0.29) is 11.3 Å². The smallest absolute Gasteiger partial charge is 0.229 e. The average Bonchev–Trinajstić information content (AvgIpc) is 2.41. The molecule has 1 heterocycles. The van der Waals surface area contributed by atoms with Crippen LogP contribution in [0.2, 0.25) is 0 Å². The lowest BCUT2D eigenvalue weighted by Gasteiger charge is -2.36. The third-order valence-corrected chi connectivity index (χ3v) is 4.60. The van der Waals surface area contributed by atoms with Crippen LogP contribution < -0.4 is 5.32 Å². The van der Waals surface area contributed by atoms with Crippen LogP contribution >= 0.6 is 15.9 Å². The van der Waals surface area contributed by atoms with Crippen molar-refractivity contribution in [3.05, 3.63) is 34.3 Å². The number of amides is 1. The van der Waals surface area contributed by atoms with Crippen molar-refractivity contribution in [3.8, 4) is 0 Å². The van der Waals surface area contributed by atoms with Gasteiger partial charge in [-0.2, -0.15) is 0 Å². The van der Waals surface area contributed by atoms with Crippen LogP contribution in [0.4, 0.5) is 0 Å². The maximum absolute atomic E-state index is 12.6. The van der Waals surface area contributed by atoms with E-state index in [1.807, 2.05) is 30.1 Å². The summed E-state index contributed by atoms with van der Waals surface area (Å²) in [5.74, 6) is 0.232. The monoisotopic (exact) mass is 324 g/mol. The zero-order valence-corrected chi connectivity index (χ0v) is 13.2. The number of carbonyl (C=O) groups excluding carboxylic acids is 1. The maximum atomic E-state index is 12.6. The molecule has 19 heavy (non-hydrogen) atoms. The molecule has 3 nitrogen and oxygen atoms in total. The molecule has 0 spiro atoms. The number of rotatable bonds is 3. The van der Waals surface area contributed by atoms with Crippen LogP contribution in [-0.2, 0) is 11.3 Å². The van der Waals surface area contributed by atoms with Crippen molar-refractivity contribution < 1.29 is 4.79 Å². The number of hydrogen-bond acceptors (Lipinski definition) is 2. The number of carbonyl (C=O) groups is 1. The van der Waals surface area contributed by atoms with Gasteiger partial charge in [0.05, 0.1) is 5.41 Å². The van der Waals surface area contributed by atoms with Crippen LogP contribution in [0.3, 0.4) is 0 Å². The van der Waals surface area contributed by atoms with Crippen molar-refractivity contribution in [3.63, 3.8) is 0 Å². The van der Waals surface area contributed by atoms with Crippen LogP contribution in [0, 0.1) is 5.41 Å². The van der Waals surface area contributed by atoms with Crippen molar-refractivity contribution in [1.82, 2.24) is 10.2 Å². The Labute approximate surface area is 123 Å². The largest absolute Gasteiger partial charge is 0.341 e. The van der Waals surface area contributed by atoms with Crippen molar-refractivity contribution in [2.75, 3.05) is 20.1 Å². The Morgan fingerprint density at radius 3 is 2.84 bits per heavy atom. The molecular formula is C15H21BrN2O. The van der Waals surface area contributed by atoms with E-state index in [0.29, 0.717) is 6.54 Å². The first-order chi connectivity index (χ1) is 9.03. The van der Waals surface area contributed by atoms with Gasteiger partial charge in [-0.3, -0.25) is 4.79 Å². The minimum Gasteiger partial charge on any atom is -0.341 e. The number of piperidine rings is 1. The molecule has 1 aliphatic rings. The number of nitrogens with zero attached hydrogens (tertiary/aromatic N) is 1. The molecule has 1 aromatic rings. The Morgan fingerprint density at radius 2 is 2.21 bits per heavy atom. The van der Waals surface area contributed by atoms with Gasteiger partial charge in [0.1, 0.15) is 0 Å². The lowest BCUT2D eigenvalue weighted by Crippen LogP contribution is -2.48. The molecule has 1 amide bonds. The zero-order chi connectivity index (χ0) is 13.9. The molecule has 0 saturated carbocycles. The molecule has 1 aliphatic heterocycles. The fourth-order valence-electron chi connectivity index (χ4n) is 2.65. The molecule has 4 heteroatoms. The highest BCUT2D eigenvalue weighted by Crippen LogP contribution is 2.28. The molecule has 1 fully saturated rings. The van der Waals surface area contributed by atoms with Gasteiger partial charge in [0.2, 0.25) is 5.91 Å². The van der Waals surface area contributed by atoms with E-state index in [1.165, 1.54) is 0 Å². The molecule has 104 valence electrons. The minimum absolute atomic E-state index is 0.232. The van der Waals surface area contributed by atoms with Crippen LogP contribution in [0.5, 0.6) is 0 Å². The van der Waals surface area contributed by atoms with Crippen molar-refractivity contribution >= 4 is 21.8 Å². The summed E-state index contributed by atoms with van der Waals surface area (Å²) in [5.41, 5.74) is 0.888. The molecule has 1 unspecified atom stereocenters. The second-order valence-electron chi connectivity index (χ2n) is 5.59. The maximum Gasteiger partial charge on any atom is 0.229 e. The molecule has 2 rings (SSSR count). The van der Waals surface area contributed by atoms with Gasteiger partial charge < -0.3 is 10.2 Å². The second kappa shape index (κ2) is 6.06. The van der Waals surface area contributed by atoms with Gasteiger partial charge in [0, 0.05) is 24.6 Å². The van der Waals surface area contributed by atoms with Gasteiger partial charge in [-0.1, -0.05) is 34.1 Å². The van der Waals surface area contributed by atoms with Gasteiger partial charge in [-0.25, -0.2) is 0 Å². The summed E-state index contributed by atoms with van der Waals surface area (Å²) in [6.07, 6.45) is 2.05. The molecule has 0 aromatic heterocycles. The van der Waals surface area contributed by atoms with Crippen LogP contribution in [0.15, 0.2) is 28.7 Å². The molecule has 1 N–H and O–H groups in total. The van der Waals surface area contributed by atoms with Gasteiger partial charge in [-0.15, -0.1) is 0 Å². The summed E-state index contributed by atoms with van der Waals surface area (Å²) >= 11 is 3.53. The van der Waals surface area contributed by atoms with E-state index < -0.39 is 0 Å². The van der Waals surface area contributed by atoms with Crippen molar-refractivity contribution in [2.24, 2.45) is 5.41 Å². The Kier molecular flexibility index (Phi) is 4.63. The normalized spacial score (nSPS) is 23.1. The van der Waals surface area contributed by atoms with E-state index in [0.717, 1.165) is 36.0 Å². The first kappa shape index (κ1) is 14.5. The first-order valence-electron chi connectivity index (χ1n) is 6.73. The van der Waals surface area contributed by atoms with E-state index in [4.69, 9.17) is 0 Å². The Bertz CT molecular complexity index is 455. The summed E-state index contributed by atoms with van der Waals surface area (Å²) in [7, 11) is 1.89. The third kappa shape index (κ3) is 3.37. The molecule has 1 atom stereocenters. The van der Waals surface area contributed by atoms with Gasteiger partial charge >= 0.3 is 0 Å². The van der Waals surface area contributed by atoms with E-state index in [2.05, 4.69) is 34.2 Å². The lowest BCUT2D eigenvalue weighted by molar-refractivity contribution is -0.141. The standard InChI is InChI=1S/C15H21BrN2O/c1-15(8-5-9-17-11-15)14(19)18(2)10-12-6-3-4-7-13(12)16/h3-4,6-7,17H,5,8-11H2,1-2H3. The number of benzene rings is 1. The molecular weight excluding hydrogens is 304 g/mol. The second-order valence-corrected chi connectivity index (χ2v) is 6.45. The van der Waals surface area contributed by atoms with E-state index in [9.17, 15) is 4.79 Å². The average molecular weight is 325 g/mol. The number of nitrogens with one attached hydrogen (secondary N) is 1. The first-order valence-corrected chi connectivity index (χ1v) is 7.52. The minimum atomic E-state index is -0.256. The lowest BCUT2D eigenvalue weighted by atomic mass is 9.81. The predicted octanol–water partition coefficient (Wildman–Crippen LogP) is 2.80. The summed E-state index contributed by atoms with van der Waals surface area (Å²) in [5, 5.41) is 3.33. The SMILES string of the molecule is CN(Cc1ccccc1Br)C(=O)C1(C)CCCNC1. The van der Waals surface area contributed by atoms with E-state index >= 15 is 0 Å². The summed E-state index contributed by atoms with van der Waals surface area (Å²) < 4.78 is 1.06. The number of halogens is 1. The summed E-state index contributed by atoms with van der Waals surface area (Å²) in [4.78, 5) is 14.4. The Morgan fingerprint density at radius 1 is 1.47 bits per heavy atom. The van der Waals surface area contributed by atoms with E-state index in [1.54, 1.807) is 0 Å². The molecule has 1 saturated heterocycles. The quantitative estimate of drug-likeness (QED) is 0.927. The topological polar surface area (TPSA) is 32.3 Å². The predicted molar refractivity (Wildman–Crippen MR) is 80.8 cm³/mol. The van der Waals surface area contributed by atoms with Crippen LogP contribution in [0.1, 0.15) is 25.3 Å². The van der Waals surface area contributed by atoms with Gasteiger partial charge in [0.25, 0.3) is 0 Å². The molecule has 0 bridgehead atoms. The summed E-state index contributed by atoms with van der Waals surface area (Å²) in [6, 6.07) is 8.05. The van der Waals surface area contributed by atoms with Gasteiger partial charge in [0.15, 0.2) is 0 Å². The fraction of sp³-hybridized carbons (Fsp3) is 0.533. The highest BCUT2D eigenvalue weighted by molar-refractivity contribution is 9.10. The fourth-order valence-corrected chi connectivity index (χ4v) is 3.06. The highest BCUT2D eigenvalue weighted by Gasteiger charge is 2.36. The third-order valence-electron chi connectivity index (χ3n) is 3.83.